The summed E-state index contributed by atoms with van der Waals surface area (Å²) >= 11 is 0. The van der Waals surface area contributed by atoms with E-state index in [2.05, 4.69) is 56.6 Å². The van der Waals surface area contributed by atoms with Gasteiger partial charge in [-0.25, -0.2) is 4.99 Å². The maximum atomic E-state index is 4.94. The summed E-state index contributed by atoms with van der Waals surface area (Å²) in [6.45, 7) is 9.10. The molecule has 0 radical (unpaired) electrons. The monoisotopic (exact) mass is 407 g/mol. The van der Waals surface area contributed by atoms with Gasteiger partial charge in [0.05, 0.1) is 18.8 Å². The first-order valence-corrected chi connectivity index (χ1v) is 10.5. The van der Waals surface area contributed by atoms with E-state index in [9.17, 15) is 0 Å². The Bertz CT molecular complexity index is 913. The van der Waals surface area contributed by atoms with Crippen LogP contribution in [0.15, 0.2) is 64.6 Å². The van der Waals surface area contributed by atoms with Gasteiger partial charge >= 0.3 is 0 Å². The van der Waals surface area contributed by atoms with Crippen molar-refractivity contribution >= 4 is 5.96 Å². The second-order valence-corrected chi connectivity index (χ2v) is 7.45. The van der Waals surface area contributed by atoms with E-state index in [-0.39, 0.29) is 0 Å². The van der Waals surface area contributed by atoms with Crippen molar-refractivity contribution in [2.75, 3.05) is 32.7 Å². The first-order valence-electron chi connectivity index (χ1n) is 10.5. The number of guanidine groups is 1. The van der Waals surface area contributed by atoms with Crippen LogP contribution in [0.2, 0.25) is 0 Å². The third-order valence-electron chi connectivity index (χ3n) is 5.19. The molecule has 1 aromatic carbocycles. The highest BCUT2D eigenvalue weighted by atomic mass is 16.5. The van der Waals surface area contributed by atoms with Crippen molar-refractivity contribution in [1.29, 1.82) is 0 Å². The zero-order valence-electron chi connectivity index (χ0n) is 17.4. The molecule has 0 atom stereocenters. The van der Waals surface area contributed by atoms with Crippen LogP contribution in [0.1, 0.15) is 23.7 Å². The molecule has 158 valence electrons. The van der Waals surface area contributed by atoms with Gasteiger partial charge in [0.2, 0.25) is 0 Å². The van der Waals surface area contributed by atoms with E-state index < -0.39 is 0 Å². The SMILES string of the molecule is CCNC(=NCc1cccc(Cn2cccn2)c1)N1CCN(Cc2ccon2)CC1. The summed E-state index contributed by atoms with van der Waals surface area (Å²) in [6, 6.07) is 12.5. The van der Waals surface area contributed by atoms with Crippen LogP contribution < -0.4 is 5.32 Å². The molecule has 8 nitrogen and oxygen atoms in total. The van der Waals surface area contributed by atoms with Gasteiger partial charge in [0, 0.05) is 57.7 Å². The number of hydrogen-bond acceptors (Lipinski definition) is 5. The summed E-state index contributed by atoms with van der Waals surface area (Å²) in [5.41, 5.74) is 3.43. The van der Waals surface area contributed by atoms with Crippen LogP contribution in [0.4, 0.5) is 0 Å². The lowest BCUT2D eigenvalue weighted by atomic mass is 10.1. The fraction of sp³-hybridized carbons (Fsp3) is 0.409. The van der Waals surface area contributed by atoms with Gasteiger partial charge in [0.25, 0.3) is 0 Å². The molecule has 1 fully saturated rings. The molecule has 8 heteroatoms. The number of nitrogens with one attached hydrogen (secondary N) is 1. The van der Waals surface area contributed by atoms with Crippen molar-refractivity contribution < 1.29 is 4.52 Å². The minimum absolute atomic E-state index is 0.661. The van der Waals surface area contributed by atoms with Gasteiger partial charge in [-0.1, -0.05) is 29.4 Å². The molecule has 30 heavy (non-hydrogen) atoms. The third-order valence-corrected chi connectivity index (χ3v) is 5.19. The summed E-state index contributed by atoms with van der Waals surface area (Å²) in [5.74, 6) is 0.982. The van der Waals surface area contributed by atoms with Gasteiger partial charge in [-0.2, -0.15) is 5.10 Å². The number of aliphatic imine (C=N–C) groups is 1. The topological polar surface area (TPSA) is 74.7 Å². The Hall–Kier alpha value is -3.13. The molecule has 2 aromatic heterocycles. The Labute approximate surface area is 177 Å². The van der Waals surface area contributed by atoms with Crippen molar-refractivity contribution in [1.82, 2.24) is 30.1 Å². The van der Waals surface area contributed by atoms with Gasteiger partial charge in [-0.05, 0) is 24.1 Å². The Kier molecular flexibility index (Phi) is 6.76. The maximum absolute atomic E-state index is 4.94. The highest BCUT2D eigenvalue weighted by Crippen LogP contribution is 2.10. The molecule has 0 unspecified atom stereocenters. The summed E-state index contributed by atoms with van der Waals surface area (Å²) in [4.78, 5) is 9.65. The van der Waals surface area contributed by atoms with Crippen LogP contribution in [0, 0.1) is 0 Å². The van der Waals surface area contributed by atoms with E-state index in [4.69, 9.17) is 9.52 Å². The summed E-state index contributed by atoms with van der Waals surface area (Å²) in [5, 5.41) is 11.8. The molecule has 3 heterocycles. The van der Waals surface area contributed by atoms with Gasteiger partial charge in [-0.15, -0.1) is 0 Å². The van der Waals surface area contributed by atoms with Crippen molar-refractivity contribution in [3.05, 3.63) is 71.9 Å². The van der Waals surface area contributed by atoms with Crippen LogP contribution in [-0.4, -0.2) is 63.4 Å². The minimum Gasteiger partial charge on any atom is -0.364 e. The van der Waals surface area contributed by atoms with E-state index >= 15 is 0 Å². The van der Waals surface area contributed by atoms with Crippen molar-refractivity contribution in [2.24, 2.45) is 4.99 Å². The highest BCUT2D eigenvalue weighted by molar-refractivity contribution is 5.80. The van der Waals surface area contributed by atoms with Crippen molar-refractivity contribution in [3.63, 3.8) is 0 Å². The lowest BCUT2D eigenvalue weighted by molar-refractivity contribution is 0.169. The predicted octanol–water partition coefficient (Wildman–Crippen LogP) is 2.20. The molecular formula is C22H29N7O. The molecule has 1 aliphatic heterocycles. The van der Waals surface area contributed by atoms with Gasteiger partial charge in [-0.3, -0.25) is 9.58 Å². The zero-order valence-corrected chi connectivity index (χ0v) is 17.4. The highest BCUT2D eigenvalue weighted by Gasteiger charge is 2.20. The fourth-order valence-corrected chi connectivity index (χ4v) is 3.67. The van der Waals surface area contributed by atoms with E-state index in [1.165, 1.54) is 11.1 Å². The van der Waals surface area contributed by atoms with Crippen LogP contribution in [0.25, 0.3) is 0 Å². The van der Waals surface area contributed by atoms with E-state index in [1.807, 2.05) is 29.2 Å². The molecule has 0 bridgehead atoms. The Morgan fingerprint density at radius 3 is 2.70 bits per heavy atom. The molecule has 1 saturated heterocycles. The fourth-order valence-electron chi connectivity index (χ4n) is 3.67. The number of piperazine rings is 1. The number of nitrogens with zero attached hydrogens (tertiary/aromatic N) is 6. The number of aromatic nitrogens is 3. The molecule has 0 saturated carbocycles. The van der Waals surface area contributed by atoms with E-state index in [1.54, 1.807) is 6.26 Å². The lowest BCUT2D eigenvalue weighted by Gasteiger charge is -2.36. The lowest BCUT2D eigenvalue weighted by Crippen LogP contribution is -2.52. The molecule has 0 aliphatic carbocycles. The molecule has 4 rings (SSSR count). The second kappa shape index (κ2) is 10.1. The molecular weight excluding hydrogens is 378 g/mol. The van der Waals surface area contributed by atoms with Gasteiger partial charge < -0.3 is 14.7 Å². The first-order chi connectivity index (χ1) is 14.8. The van der Waals surface area contributed by atoms with Crippen LogP contribution in [0.3, 0.4) is 0 Å². The minimum atomic E-state index is 0.661. The molecule has 3 aromatic rings. The molecule has 1 N–H and O–H groups in total. The Balaban J connectivity index is 1.35. The Morgan fingerprint density at radius 1 is 1.10 bits per heavy atom. The quantitative estimate of drug-likeness (QED) is 0.478. The number of hydrogen-bond donors (Lipinski definition) is 1. The van der Waals surface area contributed by atoms with Crippen LogP contribution >= 0.6 is 0 Å². The zero-order chi connectivity index (χ0) is 20.6. The average molecular weight is 408 g/mol. The van der Waals surface area contributed by atoms with Gasteiger partial charge in [0.15, 0.2) is 5.96 Å². The van der Waals surface area contributed by atoms with Crippen LogP contribution in [-0.2, 0) is 19.6 Å². The standard InChI is InChI=1S/C22H29N7O/c1-2-23-22(28-12-10-27(11-13-28)18-21-7-14-30-26-21)24-16-19-5-3-6-20(15-19)17-29-9-4-8-25-29/h3-9,14-15H,2,10-13,16-18H2,1H3,(H,23,24). The summed E-state index contributed by atoms with van der Waals surface area (Å²) in [6.07, 6.45) is 5.42. The first kappa shape index (κ1) is 20.2. The van der Waals surface area contributed by atoms with E-state index in [0.717, 1.165) is 57.5 Å². The van der Waals surface area contributed by atoms with Crippen LogP contribution in [0.5, 0.6) is 0 Å². The van der Waals surface area contributed by atoms with E-state index in [0.29, 0.717) is 6.54 Å². The number of benzene rings is 1. The second-order valence-electron chi connectivity index (χ2n) is 7.45. The molecule has 1 aliphatic rings. The third kappa shape index (κ3) is 5.48. The maximum Gasteiger partial charge on any atom is 0.194 e. The van der Waals surface area contributed by atoms with Crippen molar-refractivity contribution in [3.8, 4) is 0 Å². The Morgan fingerprint density at radius 2 is 1.97 bits per heavy atom. The smallest absolute Gasteiger partial charge is 0.194 e. The summed E-state index contributed by atoms with van der Waals surface area (Å²) in [7, 11) is 0. The molecule has 0 amide bonds. The largest absolute Gasteiger partial charge is 0.364 e. The summed E-state index contributed by atoms with van der Waals surface area (Å²) < 4.78 is 6.87. The predicted molar refractivity (Wildman–Crippen MR) is 116 cm³/mol. The van der Waals surface area contributed by atoms with Gasteiger partial charge in [0.1, 0.15) is 6.26 Å². The normalized spacial score (nSPS) is 15.5. The molecule has 0 spiro atoms. The number of rotatable bonds is 7. The van der Waals surface area contributed by atoms with Crippen molar-refractivity contribution in [2.45, 2.75) is 26.6 Å². The average Bonchev–Trinajstić information content (AvgIpc) is 3.47.